The Morgan fingerprint density at radius 2 is 2.00 bits per heavy atom. The standard InChI is InChI=1S/C12H16N2O3P.H2O/c1-8-4-10-11(5-9(8)2)13-14(3)6-12(10)18(16)17-7-15;/h4-6,13,15H,7H2,1-3H3;1H2/q+1;. The maximum absolute atomic E-state index is 11.9. The molecule has 0 spiro atoms. The molecule has 0 amide bonds. The van der Waals surface area contributed by atoms with E-state index in [1.165, 1.54) is 0 Å². The van der Waals surface area contributed by atoms with Gasteiger partial charge < -0.3 is 10.6 Å². The van der Waals surface area contributed by atoms with Crippen LogP contribution in [0.4, 0.5) is 5.69 Å². The maximum atomic E-state index is 11.9. The van der Waals surface area contributed by atoms with E-state index in [1.807, 2.05) is 33.0 Å². The summed E-state index contributed by atoms with van der Waals surface area (Å²) in [4.78, 5) is 0. The number of aliphatic hydroxyl groups excluding tert-OH is 1. The van der Waals surface area contributed by atoms with Crippen molar-refractivity contribution < 1.29 is 19.7 Å². The van der Waals surface area contributed by atoms with Crippen molar-refractivity contribution >= 4 is 19.0 Å². The fraction of sp³-hybridized carbons (Fsp3) is 0.333. The highest BCUT2D eigenvalue weighted by molar-refractivity contribution is 7.51. The lowest BCUT2D eigenvalue weighted by atomic mass is 10.0. The van der Waals surface area contributed by atoms with Crippen LogP contribution in [0.25, 0.3) is 5.31 Å². The lowest BCUT2D eigenvalue weighted by molar-refractivity contribution is 0.109. The minimum Gasteiger partial charge on any atom is -0.412 e. The summed E-state index contributed by atoms with van der Waals surface area (Å²) < 4.78 is 16.7. The van der Waals surface area contributed by atoms with Crippen LogP contribution in [-0.4, -0.2) is 29.4 Å². The predicted molar refractivity (Wildman–Crippen MR) is 74.7 cm³/mol. The average molecular weight is 285 g/mol. The van der Waals surface area contributed by atoms with E-state index in [9.17, 15) is 4.57 Å². The Labute approximate surface area is 112 Å². The lowest BCUT2D eigenvalue weighted by Gasteiger charge is -2.24. The molecule has 4 N–H and O–H groups in total. The third kappa shape index (κ3) is 3.11. The molecule has 0 bridgehead atoms. The molecule has 2 rings (SSSR count). The fourth-order valence-corrected chi connectivity index (χ4v) is 2.76. The highest BCUT2D eigenvalue weighted by Gasteiger charge is 2.33. The van der Waals surface area contributed by atoms with Gasteiger partial charge in [-0.05, 0) is 41.7 Å². The number of benzene rings is 1. The summed E-state index contributed by atoms with van der Waals surface area (Å²) in [6.07, 6.45) is 1.71. The highest BCUT2D eigenvalue weighted by atomic mass is 31.1. The van der Waals surface area contributed by atoms with E-state index in [0.717, 1.165) is 22.4 Å². The molecule has 1 aliphatic heterocycles. The summed E-state index contributed by atoms with van der Waals surface area (Å²) in [6, 6.07) is 3.99. The van der Waals surface area contributed by atoms with E-state index in [-0.39, 0.29) is 5.48 Å². The molecule has 0 fully saturated rings. The van der Waals surface area contributed by atoms with Crippen LogP contribution >= 0.6 is 8.03 Å². The van der Waals surface area contributed by atoms with E-state index < -0.39 is 14.8 Å². The zero-order valence-electron chi connectivity index (χ0n) is 11.1. The Bertz CT molecular complexity index is 531. The molecule has 0 saturated carbocycles. The van der Waals surface area contributed by atoms with Crippen molar-refractivity contribution in [3.63, 3.8) is 0 Å². The molecule has 0 saturated heterocycles. The Balaban J connectivity index is 0.00000180. The molecule has 104 valence electrons. The average Bonchev–Trinajstić information content (AvgIpc) is 2.30. The molecule has 6 nitrogen and oxygen atoms in total. The zero-order chi connectivity index (χ0) is 13.3. The number of hydrogen-bond acceptors (Lipinski definition) is 5. The monoisotopic (exact) mass is 285 g/mol. The van der Waals surface area contributed by atoms with Crippen molar-refractivity contribution in [1.82, 2.24) is 5.01 Å². The molecule has 0 aromatic heterocycles. The summed E-state index contributed by atoms with van der Waals surface area (Å²) in [6.45, 7) is 3.48. The second-order valence-corrected chi connectivity index (χ2v) is 5.49. The molecule has 1 heterocycles. The van der Waals surface area contributed by atoms with E-state index in [0.29, 0.717) is 5.31 Å². The van der Waals surface area contributed by atoms with Crippen LogP contribution in [0.5, 0.6) is 0 Å². The normalized spacial score (nSPS) is 14.0. The van der Waals surface area contributed by atoms with Crippen LogP contribution in [0.3, 0.4) is 0 Å². The van der Waals surface area contributed by atoms with Crippen LogP contribution in [-0.2, 0) is 9.09 Å². The van der Waals surface area contributed by atoms with Crippen LogP contribution in [0.15, 0.2) is 18.3 Å². The molecule has 1 aromatic rings. The van der Waals surface area contributed by atoms with Crippen LogP contribution in [0.1, 0.15) is 16.7 Å². The topological polar surface area (TPSA) is 93.3 Å². The van der Waals surface area contributed by atoms with E-state index in [2.05, 4.69) is 5.43 Å². The van der Waals surface area contributed by atoms with Gasteiger partial charge in [0.25, 0.3) is 5.31 Å². The first-order chi connectivity index (χ1) is 8.52. The Morgan fingerprint density at radius 1 is 1.37 bits per heavy atom. The SMILES string of the molecule is Cc1cc2c(cc1C)C([P+](=O)OCO)=CN(C)N2.O. The molecule has 1 aliphatic rings. The quantitative estimate of drug-likeness (QED) is 0.652. The third-order valence-corrected chi connectivity index (χ3v) is 3.99. The summed E-state index contributed by atoms with van der Waals surface area (Å²) in [5, 5.41) is 11.0. The van der Waals surface area contributed by atoms with Crippen molar-refractivity contribution in [3.8, 4) is 0 Å². The van der Waals surface area contributed by atoms with Crippen molar-refractivity contribution in [3.05, 3.63) is 35.0 Å². The van der Waals surface area contributed by atoms with Gasteiger partial charge in [-0.3, -0.25) is 10.4 Å². The van der Waals surface area contributed by atoms with Gasteiger partial charge in [-0.25, -0.2) is 0 Å². The minimum absolute atomic E-state index is 0. The number of anilines is 1. The van der Waals surface area contributed by atoms with E-state index in [1.54, 1.807) is 11.2 Å². The number of fused-ring (bicyclic) bond motifs is 1. The molecular weight excluding hydrogens is 267 g/mol. The van der Waals surface area contributed by atoms with Crippen molar-refractivity contribution in [1.29, 1.82) is 0 Å². The Kier molecular flexibility index (Phi) is 5.03. The van der Waals surface area contributed by atoms with Crippen molar-refractivity contribution in [2.24, 2.45) is 0 Å². The molecule has 7 heteroatoms. The van der Waals surface area contributed by atoms with Gasteiger partial charge in [0.1, 0.15) is 0 Å². The van der Waals surface area contributed by atoms with Crippen molar-refractivity contribution in [2.75, 3.05) is 19.3 Å². The molecule has 1 atom stereocenters. The van der Waals surface area contributed by atoms with Gasteiger partial charge in [0.2, 0.25) is 0 Å². The summed E-state index contributed by atoms with van der Waals surface area (Å²) >= 11 is 0. The van der Waals surface area contributed by atoms with Gasteiger partial charge in [0, 0.05) is 7.05 Å². The number of aliphatic hydroxyl groups is 1. The van der Waals surface area contributed by atoms with Gasteiger partial charge in [0.15, 0.2) is 6.79 Å². The Hall–Kier alpha value is -1.46. The van der Waals surface area contributed by atoms with Crippen molar-refractivity contribution in [2.45, 2.75) is 13.8 Å². The van der Waals surface area contributed by atoms with E-state index in [4.69, 9.17) is 9.63 Å². The van der Waals surface area contributed by atoms with Gasteiger partial charge in [-0.15, -0.1) is 4.52 Å². The second-order valence-electron chi connectivity index (χ2n) is 4.23. The molecule has 19 heavy (non-hydrogen) atoms. The number of hydrogen-bond donors (Lipinski definition) is 2. The van der Waals surface area contributed by atoms with E-state index >= 15 is 0 Å². The Morgan fingerprint density at radius 3 is 2.63 bits per heavy atom. The van der Waals surface area contributed by atoms with Crippen LogP contribution < -0.4 is 5.43 Å². The molecular formula is C12H18N2O4P+. The predicted octanol–water partition coefficient (Wildman–Crippen LogP) is 1.76. The number of aryl methyl sites for hydroxylation is 2. The first-order valence-corrected chi connectivity index (χ1v) is 6.74. The minimum atomic E-state index is -2.05. The lowest BCUT2D eigenvalue weighted by Crippen LogP contribution is -2.23. The molecule has 0 radical (unpaired) electrons. The first kappa shape index (κ1) is 15.6. The van der Waals surface area contributed by atoms with Gasteiger partial charge in [-0.2, -0.15) is 0 Å². The van der Waals surface area contributed by atoms with Gasteiger partial charge in [0.05, 0.1) is 17.5 Å². The molecule has 1 unspecified atom stereocenters. The summed E-state index contributed by atoms with van der Waals surface area (Å²) in [5.41, 5.74) is 7.19. The van der Waals surface area contributed by atoms with Gasteiger partial charge in [-0.1, -0.05) is 0 Å². The maximum Gasteiger partial charge on any atom is 0.553 e. The number of nitrogens with one attached hydrogen (secondary N) is 1. The van der Waals surface area contributed by atoms with Crippen LogP contribution in [0, 0.1) is 13.8 Å². The third-order valence-electron chi connectivity index (χ3n) is 2.89. The number of rotatable bonds is 3. The smallest absolute Gasteiger partial charge is 0.412 e. The van der Waals surface area contributed by atoms with Crippen LogP contribution in [0.2, 0.25) is 0 Å². The van der Waals surface area contributed by atoms with Gasteiger partial charge >= 0.3 is 8.03 Å². The largest absolute Gasteiger partial charge is 0.553 e. The molecule has 0 aliphatic carbocycles. The molecule has 1 aromatic carbocycles. The first-order valence-electron chi connectivity index (χ1n) is 5.57. The summed E-state index contributed by atoms with van der Waals surface area (Å²) in [7, 11) is -0.235. The second kappa shape index (κ2) is 6.12. The number of hydrazine groups is 1. The highest BCUT2D eigenvalue weighted by Crippen LogP contribution is 2.46. The summed E-state index contributed by atoms with van der Waals surface area (Å²) in [5.74, 6) is 0. The zero-order valence-corrected chi connectivity index (χ0v) is 12.0. The fourth-order valence-electron chi connectivity index (χ4n) is 1.86. The number of nitrogens with zero attached hydrogens (tertiary/aromatic N) is 1.